The van der Waals surface area contributed by atoms with Gasteiger partial charge in [0, 0.05) is 38.1 Å². The van der Waals surface area contributed by atoms with Crippen molar-refractivity contribution >= 4 is 16.7 Å². The third kappa shape index (κ3) is 4.66. The van der Waals surface area contributed by atoms with E-state index < -0.39 is 6.10 Å². The molecular weight excluding hydrogens is 390 g/mol. The van der Waals surface area contributed by atoms with Gasteiger partial charge in [0.05, 0.1) is 13.2 Å². The summed E-state index contributed by atoms with van der Waals surface area (Å²) in [6, 6.07) is 18.6. The number of rotatable bonds is 6. The number of ether oxygens (including phenoxy) is 2. The van der Waals surface area contributed by atoms with Crippen LogP contribution in [0.15, 0.2) is 54.6 Å². The fourth-order valence-electron chi connectivity index (χ4n) is 4.44. The number of hydrogen-bond acceptors (Lipinski definition) is 6. The van der Waals surface area contributed by atoms with Gasteiger partial charge in [-0.25, -0.2) is 4.98 Å². The first-order valence-electron chi connectivity index (χ1n) is 11.1. The lowest BCUT2D eigenvalue weighted by molar-refractivity contribution is 0.0642. The maximum Gasteiger partial charge on any atom is 0.145 e. The van der Waals surface area contributed by atoms with Crippen LogP contribution in [0.2, 0.25) is 0 Å². The maximum atomic E-state index is 10.6. The van der Waals surface area contributed by atoms with Gasteiger partial charge in [-0.15, -0.1) is 0 Å². The first-order valence-corrected chi connectivity index (χ1v) is 11.1. The number of aliphatic hydroxyl groups is 1. The molecule has 6 nitrogen and oxygen atoms in total. The molecule has 1 fully saturated rings. The highest BCUT2D eigenvalue weighted by molar-refractivity contribution is 5.86. The summed E-state index contributed by atoms with van der Waals surface area (Å²) >= 11 is 0. The molecule has 0 saturated carbocycles. The van der Waals surface area contributed by atoms with Gasteiger partial charge in [0.2, 0.25) is 0 Å². The summed E-state index contributed by atoms with van der Waals surface area (Å²) in [6.07, 6.45) is 0.476. The monoisotopic (exact) mass is 419 g/mol. The van der Waals surface area contributed by atoms with Crippen molar-refractivity contribution in [2.75, 3.05) is 50.9 Å². The smallest absolute Gasteiger partial charge is 0.145 e. The van der Waals surface area contributed by atoms with Crippen molar-refractivity contribution in [1.29, 1.82) is 0 Å². The van der Waals surface area contributed by atoms with Crippen molar-refractivity contribution in [2.24, 2.45) is 0 Å². The zero-order valence-corrected chi connectivity index (χ0v) is 17.7. The second-order valence-corrected chi connectivity index (χ2v) is 8.32. The molecule has 1 aromatic heterocycles. The number of benzene rings is 2. The quantitative estimate of drug-likeness (QED) is 0.663. The van der Waals surface area contributed by atoms with Gasteiger partial charge in [-0.1, -0.05) is 36.4 Å². The van der Waals surface area contributed by atoms with E-state index in [2.05, 4.69) is 46.2 Å². The van der Waals surface area contributed by atoms with E-state index in [0.717, 1.165) is 68.3 Å². The van der Waals surface area contributed by atoms with Crippen LogP contribution in [0.25, 0.3) is 10.9 Å². The Morgan fingerprint density at radius 1 is 0.968 bits per heavy atom. The van der Waals surface area contributed by atoms with Gasteiger partial charge in [0.1, 0.15) is 29.8 Å². The van der Waals surface area contributed by atoms with E-state index in [1.807, 2.05) is 18.2 Å². The van der Waals surface area contributed by atoms with Crippen LogP contribution in [0.4, 0.5) is 5.82 Å². The number of β-amino-alcohol motifs (C(OH)–C–C–N with tert-alkyl or cyclic N) is 1. The lowest BCUT2D eigenvalue weighted by Crippen LogP contribution is -2.38. The summed E-state index contributed by atoms with van der Waals surface area (Å²) in [5.41, 5.74) is 3.61. The summed E-state index contributed by atoms with van der Waals surface area (Å²) in [5, 5.41) is 11.7. The molecule has 1 unspecified atom stereocenters. The lowest BCUT2D eigenvalue weighted by atomic mass is 10.00. The van der Waals surface area contributed by atoms with Gasteiger partial charge in [-0.05, 0) is 35.7 Å². The lowest BCUT2D eigenvalue weighted by Gasteiger charge is -2.30. The minimum atomic E-state index is -0.553. The second-order valence-electron chi connectivity index (χ2n) is 8.32. The molecule has 31 heavy (non-hydrogen) atoms. The van der Waals surface area contributed by atoms with Crippen LogP contribution in [0.1, 0.15) is 11.1 Å². The zero-order valence-electron chi connectivity index (χ0n) is 17.7. The van der Waals surface area contributed by atoms with Crippen LogP contribution >= 0.6 is 0 Å². The van der Waals surface area contributed by atoms with Crippen molar-refractivity contribution in [3.05, 3.63) is 65.7 Å². The SMILES string of the molecule is OC(COc1cccc2ccc(N3CCOCC3)nc12)CN1CCc2ccccc2C1. The second kappa shape index (κ2) is 9.22. The Hall–Kier alpha value is -2.67. The molecule has 0 amide bonds. The zero-order chi connectivity index (χ0) is 21.0. The van der Waals surface area contributed by atoms with Crippen LogP contribution in [0, 0.1) is 0 Å². The van der Waals surface area contributed by atoms with Crippen LogP contribution < -0.4 is 9.64 Å². The van der Waals surface area contributed by atoms with Gasteiger partial charge >= 0.3 is 0 Å². The molecular formula is C25H29N3O3. The van der Waals surface area contributed by atoms with Crippen molar-refractivity contribution in [1.82, 2.24) is 9.88 Å². The topological polar surface area (TPSA) is 58.1 Å². The average molecular weight is 420 g/mol. The summed E-state index contributed by atoms with van der Waals surface area (Å²) < 4.78 is 11.5. The van der Waals surface area contributed by atoms with Gasteiger partial charge in [0.15, 0.2) is 0 Å². The predicted molar refractivity (Wildman–Crippen MR) is 122 cm³/mol. The van der Waals surface area contributed by atoms with Crippen LogP contribution in [0.5, 0.6) is 5.75 Å². The molecule has 5 rings (SSSR count). The number of hydrogen-bond donors (Lipinski definition) is 1. The summed E-state index contributed by atoms with van der Waals surface area (Å²) in [4.78, 5) is 9.41. The third-order valence-corrected chi connectivity index (χ3v) is 6.11. The molecule has 2 aromatic carbocycles. The van der Waals surface area contributed by atoms with Crippen molar-refractivity contribution in [3.8, 4) is 5.75 Å². The molecule has 3 aromatic rings. The van der Waals surface area contributed by atoms with E-state index in [4.69, 9.17) is 14.5 Å². The molecule has 1 N–H and O–H groups in total. The molecule has 1 saturated heterocycles. The number of aromatic nitrogens is 1. The fourth-order valence-corrected chi connectivity index (χ4v) is 4.44. The molecule has 162 valence electrons. The van der Waals surface area contributed by atoms with Crippen LogP contribution in [-0.2, 0) is 17.7 Å². The molecule has 3 heterocycles. The number of anilines is 1. The summed E-state index contributed by atoms with van der Waals surface area (Å²) in [7, 11) is 0. The molecule has 0 spiro atoms. The van der Waals surface area contributed by atoms with Gasteiger partial charge < -0.3 is 19.5 Å². The Balaban J connectivity index is 1.24. The van der Waals surface area contributed by atoms with E-state index in [-0.39, 0.29) is 6.61 Å². The molecule has 1 atom stereocenters. The normalized spacial score (nSPS) is 18.0. The van der Waals surface area contributed by atoms with E-state index in [9.17, 15) is 5.11 Å². The van der Waals surface area contributed by atoms with Crippen LogP contribution in [0.3, 0.4) is 0 Å². The highest BCUT2D eigenvalue weighted by Gasteiger charge is 2.19. The minimum Gasteiger partial charge on any atom is -0.489 e. The first-order chi connectivity index (χ1) is 15.3. The largest absolute Gasteiger partial charge is 0.489 e. The number of para-hydroxylation sites is 1. The van der Waals surface area contributed by atoms with Gasteiger partial charge in [-0.3, -0.25) is 4.90 Å². The molecule has 2 aliphatic heterocycles. The van der Waals surface area contributed by atoms with Crippen molar-refractivity contribution in [2.45, 2.75) is 19.1 Å². The molecule has 6 heteroatoms. The van der Waals surface area contributed by atoms with Gasteiger partial charge in [-0.2, -0.15) is 0 Å². The third-order valence-electron chi connectivity index (χ3n) is 6.11. The predicted octanol–water partition coefficient (Wildman–Crippen LogP) is 2.87. The first kappa shape index (κ1) is 20.2. The average Bonchev–Trinajstić information content (AvgIpc) is 2.83. The Bertz CT molecular complexity index is 1040. The highest BCUT2D eigenvalue weighted by Crippen LogP contribution is 2.27. The fraction of sp³-hybridized carbons (Fsp3) is 0.400. The summed E-state index contributed by atoms with van der Waals surface area (Å²) in [6.45, 7) is 5.85. The minimum absolute atomic E-state index is 0.251. The Kier molecular flexibility index (Phi) is 6.02. The highest BCUT2D eigenvalue weighted by atomic mass is 16.5. The molecule has 0 radical (unpaired) electrons. The van der Waals surface area contributed by atoms with E-state index >= 15 is 0 Å². The summed E-state index contributed by atoms with van der Waals surface area (Å²) in [5.74, 6) is 1.66. The van der Waals surface area contributed by atoms with E-state index in [1.54, 1.807) is 0 Å². The van der Waals surface area contributed by atoms with Crippen molar-refractivity contribution in [3.63, 3.8) is 0 Å². The molecule has 2 aliphatic rings. The maximum absolute atomic E-state index is 10.6. The van der Waals surface area contributed by atoms with Gasteiger partial charge in [0.25, 0.3) is 0 Å². The Morgan fingerprint density at radius 2 is 1.81 bits per heavy atom. The molecule has 0 aliphatic carbocycles. The number of morpholine rings is 1. The number of pyridine rings is 1. The Labute approximate surface area is 183 Å². The van der Waals surface area contributed by atoms with Crippen LogP contribution in [-0.4, -0.2) is 67.1 Å². The number of aliphatic hydroxyl groups excluding tert-OH is 1. The standard InChI is InChI=1S/C25H29N3O3/c29-22(17-27-11-10-19-4-1-2-5-21(19)16-27)18-31-23-7-3-6-20-8-9-24(26-25(20)23)28-12-14-30-15-13-28/h1-9,22,29H,10-18H2. The molecule has 0 bridgehead atoms. The number of fused-ring (bicyclic) bond motifs is 2. The van der Waals surface area contributed by atoms with E-state index in [1.165, 1.54) is 11.1 Å². The Morgan fingerprint density at radius 3 is 2.68 bits per heavy atom. The van der Waals surface area contributed by atoms with Crippen molar-refractivity contribution < 1.29 is 14.6 Å². The van der Waals surface area contributed by atoms with E-state index in [0.29, 0.717) is 6.54 Å². The number of nitrogens with zero attached hydrogens (tertiary/aromatic N) is 3.